The van der Waals surface area contributed by atoms with Crippen LogP contribution < -0.4 is 5.32 Å². The van der Waals surface area contributed by atoms with Crippen molar-refractivity contribution in [2.75, 3.05) is 25.0 Å². The Labute approximate surface area is 117 Å². The van der Waals surface area contributed by atoms with Crippen LogP contribution in [0.5, 0.6) is 0 Å². The molecule has 0 aromatic heterocycles. The molecule has 1 aliphatic rings. The predicted octanol–water partition coefficient (Wildman–Crippen LogP) is 1.70. The van der Waals surface area contributed by atoms with Crippen molar-refractivity contribution in [1.82, 2.24) is 4.90 Å². The number of para-hydroxylation sites is 1. The number of nitrogens with zero attached hydrogens (tertiary/aromatic N) is 1. The van der Waals surface area contributed by atoms with Gasteiger partial charge in [-0.1, -0.05) is 18.2 Å². The maximum absolute atomic E-state index is 12.2. The molecule has 108 valence electrons. The van der Waals surface area contributed by atoms with Gasteiger partial charge in [-0.3, -0.25) is 4.79 Å². The van der Waals surface area contributed by atoms with Crippen molar-refractivity contribution in [3.63, 3.8) is 0 Å². The van der Waals surface area contributed by atoms with E-state index in [0.717, 1.165) is 11.3 Å². The largest absolute Gasteiger partial charge is 0.481 e. The van der Waals surface area contributed by atoms with Gasteiger partial charge < -0.3 is 20.1 Å². The lowest BCUT2D eigenvalue weighted by Gasteiger charge is -2.32. The van der Waals surface area contributed by atoms with Gasteiger partial charge in [0.2, 0.25) is 0 Å². The van der Waals surface area contributed by atoms with Gasteiger partial charge in [0, 0.05) is 18.8 Å². The van der Waals surface area contributed by atoms with Crippen LogP contribution in [0.25, 0.3) is 0 Å². The second kappa shape index (κ2) is 6.38. The van der Waals surface area contributed by atoms with Crippen LogP contribution >= 0.6 is 0 Å². The van der Waals surface area contributed by atoms with Gasteiger partial charge in [0.15, 0.2) is 0 Å². The minimum Gasteiger partial charge on any atom is -0.481 e. The molecule has 0 saturated carbocycles. The van der Waals surface area contributed by atoms with E-state index in [-0.39, 0.29) is 12.5 Å². The number of amides is 2. The summed E-state index contributed by atoms with van der Waals surface area (Å²) in [6.07, 6.45) is -0.530. The molecule has 1 aromatic carbocycles. The van der Waals surface area contributed by atoms with Gasteiger partial charge in [-0.05, 0) is 18.6 Å². The molecule has 0 spiro atoms. The van der Waals surface area contributed by atoms with Crippen molar-refractivity contribution in [2.24, 2.45) is 0 Å². The summed E-state index contributed by atoms with van der Waals surface area (Å²) in [6, 6.07) is 7.29. The number of aliphatic carboxylic acids is 1. The average molecular weight is 278 g/mol. The molecule has 6 nitrogen and oxygen atoms in total. The second-order valence-electron chi connectivity index (χ2n) is 4.78. The Morgan fingerprint density at radius 1 is 1.45 bits per heavy atom. The summed E-state index contributed by atoms with van der Waals surface area (Å²) in [5, 5.41) is 11.6. The summed E-state index contributed by atoms with van der Waals surface area (Å²) < 4.78 is 5.34. The van der Waals surface area contributed by atoms with Crippen LogP contribution in [0.3, 0.4) is 0 Å². The topological polar surface area (TPSA) is 78.9 Å². The number of anilines is 1. The Balaban J connectivity index is 1.95. The van der Waals surface area contributed by atoms with Gasteiger partial charge in [-0.15, -0.1) is 0 Å². The fourth-order valence-electron chi connectivity index (χ4n) is 2.13. The molecule has 0 bridgehead atoms. The number of rotatable bonds is 3. The first kappa shape index (κ1) is 14.3. The normalized spacial score (nSPS) is 18.6. The van der Waals surface area contributed by atoms with Crippen LogP contribution in [0.2, 0.25) is 0 Å². The first-order valence-electron chi connectivity index (χ1n) is 6.51. The van der Waals surface area contributed by atoms with Crippen molar-refractivity contribution >= 4 is 17.7 Å². The van der Waals surface area contributed by atoms with E-state index in [4.69, 9.17) is 9.84 Å². The highest BCUT2D eigenvalue weighted by Gasteiger charge is 2.26. The van der Waals surface area contributed by atoms with Gasteiger partial charge in [0.25, 0.3) is 0 Å². The number of hydrogen-bond acceptors (Lipinski definition) is 3. The molecule has 0 aliphatic carbocycles. The number of benzene rings is 1. The van der Waals surface area contributed by atoms with Crippen LogP contribution in [-0.2, 0) is 9.53 Å². The van der Waals surface area contributed by atoms with Gasteiger partial charge in [-0.2, -0.15) is 0 Å². The Kier molecular flexibility index (Phi) is 4.57. The van der Waals surface area contributed by atoms with Gasteiger partial charge in [0.05, 0.1) is 19.1 Å². The molecule has 1 atom stereocenters. The number of ether oxygens (including phenoxy) is 1. The number of carbonyl (C=O) groups is 2. The molecule has 2 N–H and O–H groups in total. The number of carbonyl (C=O) groups excluding carboxylic acids is 1. The number of aryl methyl sites for hydroxylation is 1. The number of nitrogens with one attached hydrogen (secondary N) is 1. The maximum Gasteiger partial charge on any atom is 0.322 e. The van der Waals surface area contributed by atoms with Crippen molar-refractivity contribution in [3.8, 4) is 0 Å². The van der Waals surface area contributed by atoms with Crippen LogP contribution in [-0.4, -0.2) is 47.8 Å². The minimum atomic E-state index is -0.920. The molecule has 2 rings (SSSR count). The molecule has 2 amide bonds. The summed E-state index contributed by atoms with van der Waals surface area (Å²) in [7, 11) is 0. The van der Waals surface area contributed by atoms with Crippen molar-refractivity contribution in [3.05, 3.63) is 29.8 Å². The fraction of sp³-hybridized carbons (Fsp3) is 0.429. The summed E-state index contributed by atoms with van der Waals surface area (Å²) in [6.45, 7) is 3.04. The molecule has 6 heteroatoms. The Morgan fingerprint density at radius 3 is 2.90 bits per heavy atom. The molecule has 1 aromatic rings. The van der Waals surface area contributed by atoms with Crippen molar-refractivity contribution in [1.29, 1.82) is 0 Å². The molecule has 20 heavy (non-hydrogen) atoms. The second-order valence-corrected chi connectivity index (χ2v) is 4.78. The SMILES string of the molecule is Cc1ccccc1NC(=O)N1CCOC(CC(=O)O)C1. The summed E-state index contributed by atoms with van der Waals surface area (Å²) >= 11 is 0. The van der Waals surface area contributed by atoms with E-state index in [0.29, 0.717) is 19.7 Å². The summed E-state index contributed by atoms with van der Waals surface area (Å²) in [4.78, 5) is 24.4. The first-order valence-corrected chi connectivity index (χ1v) is 6.51. The quantitative estimate of drug-likeness (QED) is 0.882. The van der Waals surface area contributed by atoms with Gasteiger partial charge in [0.1, 0.15) is 0 Å². The van der Waals surface area contributed by atoms with Crippen LogP contribution in [0.4, 0.5) is 10.5 Å². The van der Waals surface area contributed by atoms with Gasteiger partial charge >= 0.3 is 12.0 Å². The van der Waals surface area contributed by atoms with Crippen molar-refractivity contribution in [2.45, 2.75) is 19.4 Å². The smallest absolute Gasteiger partial charge is 0.322 e. The maximum atomic E-state index is 12.2. The number of carboxylic acid groups (broad SMARTS) is 1. The molecular formula is C14H18N2O4. The van der Waals surface area contributed by atoms with Crippen LogP contribution in [0, 0.1) is 6.92 Å². The Morgan fingerprint density at radius 2 is 2.20 bits per heavy atom. The van der Waals surface area contributed by atoms with E-state index in [1.165, 1.54) is 0 Å². The lowest BCUT2D eigenvalue weighted by atomic mass is 10.2. The third kappa shape index (κ3) is 3.71. The van der Waals surface area contributed by atoms with E-state index in [9.17, 15) is 9.59 Å². The van der Waals surface area contributed by atoms with Crippen LogP contribution in [0.15, 0.2) is 24.3 Å². The highest BCUT2D eigenvalue weighted by molar-refractivity contribution is 5.90. The molecule has 1 saturated heterocycles. The molecule has 1 unspecified atom stereocenters. The lowest BCUT2D eigenvalue weighted by molar-refractivity contribution is -0.141. The Hall–Kier alpha value is -2.08. The van der Waals surface area contributed by atoms with Gasteiger partial charge in [-0.25, -0.2) is 4.79 Å². The molecule has 0 radical (unpaired) electrons. The minimum absolute atomic E-state index is 0.0891. The number of morpholine rings is 1. The Bertz CT molecular complexity index is 504. The zero-order valence-corrected chi connectivity index (χ0v) is 11.3. The summed E-state index contributed by atoms with van der Waals surface area (Å²) in [5.41, 5.74) is 1.75. The molecule has 1 aliphatic heterocycles. The highest BCUT2D eigenvalue weighted by Crippen LogP contribution is 2.15. The first-order chi connectivity index (χ1) is 9.56. The third-order valence-corrected chi connectivity index (χ3v) is 3.21. The van der Waals surface area contributed by atoms with E-state index < -0.39 is 12.1 Å². The molecule has 1 fully saturated rings. The van der Waals surface area contributed by atoms with E-state index in [1.807, 2.05) is 31.2 Å². The highest BCUT2D eigenvalue weighted by atomic mass is 16.5. The van der Waals surface area contributed by atoms with E-state index >= 15 is 0 Å². The standard InChI is InChI=1S/C14H18N2O4/c1-10-4-2-3-5-12(10)15-14(19)16-6-7-20-11(9-16)8-13(17)18/h2-5,11H,6-9H2,1H3,(H,15,19)(H,17,18). The zero-order chi connectivity index (χ0) is 14.5. The molecular weight excluding hydrogens is 260 g/mol. The number of carboxylic acids is 1. The van der Waals surface area contributed by atoms with E-state index in [1.54, 1.807) is 4.90 Å². The van der Waals surface area contributed by atoms with Crippen LogP contribution in [0.1, 0.15) is 12.0 Å². The zero-order valence-electron chi connectivity index (χ0n) is 11.3. The average Bonchev–Trinajstić information content (AvgIpc) is 2.41. The summed E-state index contributed by atoms with van der Waals surface area (Å²) in [5.74, 6) is -0.920. The molecule has 1 heterocycles. The lowest BCUT2D eigenvalue weighted by Crippen LogP contribution is -2.47. The van der Waals surface area contributed by atoms with Crippen molar-refractivity contribution < 1.29 is 19.4 Å². The third-order valence-electron chi connectivity index (χ3n) is 3.21. The number of urea groups is 1. The number of hydrogen-bond donors (Lipinski definition) is 2. The van der Waals surface area contributed by atoms with E-state index in [2.05, 4.69) is 5.32 Å². The predicted molar refractivity (Wildman–Crippen MR) is 73.8 cm³/mol. The monoisotopic (exact) mass is 278 g/mol. The fourth-order valence-corrected chi connectivity index (χ4v) is 2.13.